The molecule has 0 fully saturated rings. The second kappa shape index (κ2) is 4.00. The van der Waals surface area contributed by atoms with Gasteiger partial charge in [-0.2, -0.15) is 0 Å². The maximum absolute atomic E-state index is 5.50. The smallest absolute Gasteiger partial charge is 0.123 e. The van der Waals surface area contributed by atoms with E-state index in [0.717, 1.165) is 11.4 Å². The van der Waals surface area contributed by atoms with E-state index in [4.69, 9.17) is 5.73 Å². The third kappa shape index (κ3) is 2.47. The summed E-state index contributed by atoms with van der Waals surface area (Å²) in [4.78, 5) is 4.01. The molecule has 0 saturated carbocycles. The van der Waals surface area contributed by atoms with E-state index in [-0.39, 0.29) is 0 Å². The number of aryl methyl sites for hydroxylation is 1. The molecular weight excluding hydrogens is 186 g/mol. The molecule has 0 bridgehead atoms. The molecule has 0 aliphatic heterocycles. The highest BCUT2D eigenvalue weighted by Gasteiger charge is 1.94. The molecule has 0 unspecified atom stereocenters. The number of nitrogens with one attached hydrogen (secondary N) is 1. The van der Waals surface area contributed by atoms with Crippen LogP contribution in [0.3, 0.4) is 0 Å². The van der Waals surface area contributed by atoms with Crippen molar-refractivity contribution in [2.24, 2.45) is 0 Å². The Morgan fingerprint density at radius 1 is 1.00 bits per heavy atom. The fourth-order valence-electron chi connectivity index (χ4n) is 1.28. The van der Waals surface area contributed by atoms with Gasteiger partial charge < -0.3 is 11.1 Å². The quantitative estimate of drug-likeness (QED) is 0.781. The van der Waals surface area contributed by atoms with Crippen molar-refractivity contribution in [1.82, 2.24) is 4.98 Å². The highest BCUT2D eigenvalue weighted by molar-refractivity contribution is 5.59. The minimum atomic E-state index is 0.532. The van der Waals surface area contributed by atoms with Crippen LogP contribution in [-0.4, -0.2) is 4.98 Å². The van der Waals surface area contributed by atoms with Gasteiger partial charge in [0.25, 0.3) is 0 Å². The maximum Gasteiger partial charge on any atom is 0.123 e. The van der Waals surface area contributed by atoms with Gasteiger partial charge in [-0.05, 0) is 31.2 Å². The maximum atomic E-state index is 5.50. The molecule has 3 heteroatoms. The fourth-order valence-corrected chi connectivity index (χ4v) is 1.28. The van der Waals surface area contributed by atoms with Crippen molar-refractivity contribution < 1.29 is 0 Å². The highest BCUT2D eigenvalue weighted by Crippen LogP contribution is 2.16. The van der Waals surface area contributed by atoms with E-state index in [2.05, 4.69) is 29.4 Å². The van der Waals surface area contributed by atoms with E-state index in [1.807, 2.05) is 18.2 Å². The summed E-state index contributed by atoms with van der Waals surface area (Å²) in [5.74, 6) is 0.532. The normalized spacial score (nSPS) is 9.93. The van der Waals surface area contributed by atoms with Gasteiger partial charge in [-0.1, -0.05) is 17.7 Å². The van der Waals surface area contributed by atoms with Crippen molar-refractivity contribution in [3.05, 3.63) is 48.2 Å². The first kappa shape index (κ1) is 9.52. The van der Waals surface area contributed by atoms with Gasteiger partial charge in [0, 0.05) is 5.69 Å². The Balaban J connectivity index is 2.15. The molecule has 0 saturated heterocycles. The zero-order valence-electron chi connectivity index (χ0n) is 8.57. The molecule has 0 aliphatic carbocycles. The Morgan fingerprint density at radius 3 is 2.27 bits per heavy atom. The molecule has 76 valence electrons. The Labute approximate surface area is 89.0 Å². The number of nitrogens with two attached hydrogens (primary N) is 1. The van der Waals surface area contributed by atoms with Crippen LogP contribution in [0.25, 0.3) is 0 Å². The highest BCUT2D eigenvalue weighted by atomic mass is 14.9. The van der Waals surface area contributed by atoms with Crippen molar-refractivity contribution in [1.29, 1.82) is 0 Å². The number of aromatic nitrogens is 1. The monoisotopic (exact) mass is 199 g/mol. The topological polar surface area (TPSA) is 50.9 Å². The molecule has 0 amide bonds. The van der Waals surface area contributed by atoms with E-state index in [1.165, 1.54) is 5.56 Å². The molecular formula is C12H13N3. The van der Waals surface area contributed by atoms with Crippen LogP contribution in [0.1, 0.15) is 5.56 Å². The molecule has 3 nitrogen and oxygen atoms in total. The first-order chi connectivity index (χ1) is 7.24. The van der Waals surface area contributed by atoms with Crippen LogP contribution in [0.5, 0.6) is 0 Å². The van der Waals surface area contributed by atoms with E-state index in [1.54, 1.807) is 12.3 Å². The number of anilines is 3. The first-order valence-corrected chi connectivity index (χ1v) is 4.79. The van der Waals surface area contributed by atoms with Gasteiger partial charge >= 0.3 is 0 Å². The number of benzene rings is 1. The summed E-state index contributed by atoms with van der Waals surface area (Å²) in [6.07, 6.45) is 1.72. The summed E-state index contributed by atoms with van der Waals surface area (Å²) in [7, 11) is 0. The Kier molecular flexibility index (Phi) is 2.54. The van der Waals surface area contributed by atoms with E-state index in [9.17, 15) is 0 Å². The second-order valence-corrected chi connectivity index (χ2v) is 3.46. The molecule has 1 aromatic carbocycles. The molecule has 1 heterocycles. The molecule has 0 radical (unpaired) electrons. The van der Waals surface area contributed by atoms with Gasteiger partial charge in [-0.3, -0.25) is 0 Å². The number of nitrogen functional groups attached to an aromatic ring is 1. The number of hydrogen-bond acceptors (Lipinski definition) is 3. The van der Waals surface area contributed by atoms with Crippen LogP contribution >= 0.6 is 0 Å². The minimum Gasteiger partial charge on any atom is -0.384 e. The first-order valence-electron chi connectivity index (χ1n) is 4.79. The number of pyridine rings is 1. The van der Waals surface area contributed by atoms with E-state index < -0.39 is 0 Å². The standard InChI is InChI=1S/C12H13N3/c1-9-2-4-10(5-3-9)15-11-6-7-12(13)14-8-11/h2-8,15H,1H3,(H2,13,14). The molecule has 0 atom stereocenters. The average Bonchev–Trinajstić information content (AvgIpc) is 2.25. The molecule has 1 aromatic heterocycles. The van der Waals surface area contributed by atoms with Crippen molar-refractivity contribution in [3.63, 3.8) is 0 Å². The Hall–Kier alpha value is -2.03. The second-order valence-electron chi connectivity index (χ2n) is 3.46. The molecule has 0 spiro atoms. The predicted molar refractivity (Wildman–Crippen MR) is 63.1 cm³/mol. The molecule has 2 aromatic rings. The lowest BCUT2D eigenvalue weighted by Gasteiger charge is -2.06. The van der Waals surface area contributed by atoms with E-state index >= 15 is 0 Å². The summed E-state index contributed by atoms with van der Waals surface area (Å²) < 4.78 is 0. The summed E-state index contributed by atoms with van der Waals surface area (Å²) in [6, 6.07) is 11.9. The van der Waals surface area contributed by atoms with Crippen LogP contribution in [0.4, 0.5) is 17.2 Å². The van der Waals surface area contributed by atoms with Crippen LogP contribution in [0.2, 0.25) is 0 Å². The van der Waals surface area contributed by atoms with E-state index in [0.29, 0.717) is 5.82 Å². The number of rotatable bonds is 2. The van der Waals surface area contributed by atoms with Gasteiger partial charge in [0.2, 0.25) is 0 Å². The van der Waals surface area contributed by atoms with Crippen LogP contribution in [0, 0.1) is 6.92 Å². The van der Waals surface area contributed by atoms with Gasteiger partial charge in [0.15, 0.2) is 0 Å². The lowest BCUT2D eigenvalue weighted by Crippen LogP contribution is -1.93. The van der Waals surface area contributed by atoms with Crippen molar-refractivity contribution in [2.75, 3.05) is 11.1 Å². The zero-order valence-corrected chi connectivity index (χ0v) is 8.57. The van der Waals surface area contributed by atoms with Crippen LogP contribution < -0.4 is 11.1 Å². The summed E-state index contributed by atoms with van der Waals surface area (Å²) in [6.45, 7) is 2.06. The Morgan fingerprint density at radius 2 is 1.67 bits per heavy atom. The number of nitrogens with zero attached hydrogens (tertiary/aromatic N) is 1. The van der Waals surface area contributed by atoms with Crippen LogP contribution in [0.15, 0.2) is 42.6 Å². The van der Waals surface area contributed by atoms with Crippen molar-refractivity contribution >= 4 is 17.2 Å². The lowest BCUT2D eigenvalue weighted by atomic mass is 10.2. The fraction of sp³-hybridized carbons (Fsp3) is 0.0833. The van der Waals surface area contributed by atoms with Gasteiger partial charge in [0.1, 0.15) is 5.82 Å². The van der Waals surface area contributed by atoms with Crippen molar-refractivity contribution in [2.45, 2.75) is 6.92 Å². The lowest BCUT2D eigenvalue weighted by molar-refractivity contribution is 1.33. The minimum absolute atomic E-state index is 0.532. The summed E-state index contributed by atoms with van der Waals surface area (Å²) >= 11 is 0. The van der Waals surface area contributed by atoms with Gasteiger partial charge in [-0.15, -0.1) is 0 Å². The van der Waals surface area contributed by atoms with Crippen molar-refractivity contribution in [3.8, 4) is 0 Å². The zero-order chi connectivity index (χ0) is 10.7. The Bertz CT molecular complexity index is 388. The summed E-state index contributed by atoms with van der Waals surface area (Å²) in [5.41, 5.74) is 8.73. The molecule has 2 rings (SSSR count). The van der Waals surface area contributed by atoms with Gasteiger partial charge in [0.05, 0.1) is 11.9 Å². The van der Waals surface area contributed by atoms with Gasteiger partial charge in [-0.25, -0.2) is 4.98 Å². The predicted octanol–water partition coefficient (Wildman–Crippen LogP) is 2.72. The largest absolute Gasteiger partial charge is 0.384 e. The third-order valence-electron chi connectivity index (χ3n) is 2.13. The average molecular weight is 199 g/mol. The SMILES string of the molecule is Cc1ccc(Nc2ccc(N)nc2)cc1. The van der Waals surface area contributed by atoms with Crippen LogP contribution in [-0.2, 0) is 0 Å². The molecule has 15 heavy (non-hydrogen) atoms. The summed E-state index contributed by atoms with van der Waals surface area (Å²) in [5, 5.41) is 3.24. The third-order valence-corrected chi connectivity index (χ3v) is 2.13. The number of hydrogen-bond donors (Lipinski definition) is 2. The molecule has 0 aliphatic rings. The molecule has 3 N–H and O–H groups in total.